The topological polar surface area (TPSA) is 180 Å². The number of anilines is 4. The molecule has 4 atom stereocenters. The van der Waals surface area contributed by atoms with Gasteiger partial charge in [0, 0.05) is 61.0 Å². The standard InChI is InChI=1S/2C20H19FN4O2/c2*1-10-3-4-25(2)20(27)18(10)12-5-11-7-17(23-9-14(11)16(22)6-12)24-19(26)13-8-15(13)21/h2*3-7,9,13,15H,8,22H2,1-2H3,(H,23,24,26)/t2*13-,15-/m10/s1. The fourth-order valence-corrected chi connectivity index (χ4v) is 6.45. The SMILES string of the molecule is Cc1ccn(C)c(=O)c1-c1cc(N)c2cnc(NC(=O)[C@@H]3C[C@H]3F)cc2c1.Cc1ccn(C)c(=O)c1-c1cc(N)c2cnc(NC(=O)[C@H]3C[C@@H]3F)cc2c1. The molecule has 0 spiro atoms. The van der Waals surface area contributed by atoms with Gasteiger partial charge in [0.15, 0.2) is 0 Å². The number of aryl methyl sites for hydroxylation is 4. The van der Waals surface area contributed by atoms with E-state index in [-0.39, 0.29) is 35.8 Å². The highest BCUT2D eigenvalue weighted by Gasteiger charge is 2.44. The van der Waals surface area contributed by atoms with Gasteiger partial charge in [0.2, 0.25) is 11.8 Å². The molecule has 2 amide bonds. The summed E-state index contributed by atoms with van der Waals surface area (Å²) >= 11 is 0. The van der Waals surface area contributed by atoms with Gasteiger partial charge in [-0.1, -0.05) is 0 Å². The molecule has 2 aromatic carbocycles. The van der Waals surface area contributed by atoms with Crippen molar-refractivity contribution in [1.29, 1.82) is 0 Å². The molecule has 4 aromatic heterocycles. The van der Waals surface area contributed by atoms with Crippen LogP contribution in [0.25, 0.3) is 43.8 Å². The zero-order chi connectivity index (χ0) is 38.6. The van der Waals surface area contributed by atoms with E-state index in [1.807, 2.05) is 38.1 Å². The fourth-order valence-electron chi connectivity index (χ4n) is 6.45. The summed E-state index contributed by atoms with van der Waals surface area (Å²) in [6.45, 7) is 3.75. The van der Waals surface area contributed by atoms with Crippen LogP contribution in [-0.4, -0.2) is 43.3 Å². The average molecular weight is 733 g/mol. The van der Waals surface area contributed by atoms with Gasteiger partial charge in [0.25, 0.3) is 11.1 Å². The molecule has 0 saturated heterocycles. The summed E-state index contributed by atoms with van der Waals surface area (Å²) in [5.74, 6) is -1.25. The van der Waals surface area contributed by atoms with Crippen LogP contribution in [0.1, 0.15) is 24.0 Å². The molecule has 2 fully saturated rings. The Hall–Kier alpha value is -6.44. The Bertz CT molecular complexity index is 2460. The van der Waals surface area contributed by atoms with E-state index in [0.717, 1.165) is 32.7 Å². The molecule has 8 rings (SSSR count). The monoisotopic (exact) mass is 732 g/mol. The van der Waals surface area contributed by atoms with E-state index in [2.05, 4.69) is 20.6 Å². The second-order valence-corrected chi connectivity index (χ2v) is 14.0. The lowest BCUT2D eigenvalue weighted by Gasteiger charge is -2.11. The van der Waals surface area contributed by atoms with Gasteiger partial charge in [0.05, 0.1) is 23.0 Å². The summed E-state index contributed by atoms with van der Waals surface area (Å²) in [4.78, 5) is 57.4. The number of fused-ring (bicyclic) bond motifs is 2. The largest absolute Gasteiger partial charge is 0.398 e. The van der Waals surface area contributed by atoms with Crippen molar-refractivity contribution in [3.8, 4) is 22.3 Å². The second-order valence-electron chi connectivity index (χ2n) is 14.0. The minimum absolute atomic E-state index is 0.112. The molecular weight excluding hydrogens is 694 g/mol. The van der Waals surface area contributed by atoms with Crippen molar-refractivity contribution in [3.63, 3.8) is 0 Å². The number of hydrogen-bond donors (Lipinski definition) is 4. The summed E-state index contributed by atoms with van der Waals surface area (Å²) in [6.07, 6.45) is 4.97. The first-order valence-electron chi connectivity index (χ1n) is 17.3. The zero-order valence-corrected chi connectivity index (χ0v) is 30.0. The predicted molar refractivity (Wildman–Crippen MR) is 206 cm³/mol. The Balaban J connectivity index is 0.000000167. The number of carbonyl (C=O) groups is 2. The van der Waals surface area contributed by atoms with Crippen molar-refractivity contribution in [2.45, 2.75) is 39.0 Å². The molecule has 2 saturated carbocycles. The number of benzene rings is 2. The molecule has 0 aliphatic heterocycles. The van der Waals surface area contributed by atoms with Gasteiger partial charge < -0.3 is 31.2 Å². The number of amides is 2. The molecule has 276 valence electrons. The molecule has 14 heteroatoms. The maximum atomic E-state index is 13.1. The highest BCUT2D eigenvalue weighted by atomic mass is 19.1. The molecule has 6 N–H and O–H groups in total. The van der Waals surface area contributed by atoms with Gasteiger partial charge in [0.1, 0.15) is 24.0 Å². The maximum absolute atomic E-state index is 13.1. The molecule has 0 radical (unpaired) electrons. The van der Waals surface area contributed by atoms with Crippen LogP contribution in [0.5, 0.6) is 0 Å². The van der Waals surface area contributed by atoms with Crippen molar-refractivity contribution in [2.24, 2.45) is 25.9 Å². The van der Waals surface area contributed by atoms with E-state index in [1.165, 1.54) is 9.13 Å². The predicted octanol–water partition coefficient (Wildman–Crippen LogP) is 5.58. The molecular formula is C40H38F2N8O4. The van der Waals surface area contributed by atoms with Crippen LogP contribution in [0, 0.1) is 25.7 Å². The van der Waals surface area contributed by atoms with E-state index < -0.39 is 24.2 Å². The first-order chi connectivity index (χ1) is 25.7. The number of rotatable bonds is 6. The number of nitrogens with zero attached hydrogens (tertiary/aromatic N) is 4. The molecule has 54 heavy (non-hydrogen) atoms. The molecule has 0 unspecified atom stereocenters. The number of hydrogen-bond acceptors (Lipinski definition) is 8. The number of nitrogens with one attached hydrogen (secondary N) is 2. The highest BCUT2D eigenvalue weighted by molar-refractivity contribution is 6.01. The quantitative estimate of drug-likeness (QED) is 0.160. The lowest BCUT2D eigenvalue weighted by Crippen LogP contribution is -2.19. The third-order valence-corrected chi connectivity index (χ3v) is 9.87. The van der Waals surface area contributed by atoms with E-state index in [0.29, 0.717) is 45.3 Å². The van der Waals surface area contributed by atoms with Crippen LogP contribution < -0.4 is 33.2 Å². The van der Waals surface area contributed by atoms with Crippen molar-refractivity contribution in [2.75, 3.05) is 22.1 Å². The third kappa shape index (κ3) is 7.01. The number of nitrogen functional groups attached to an aromatic ring is 2. The Morgan fingerprint density at radius 1 is 0.685 bits per heavy atom. The lowest BCUT2D eigenvalue weighted by atomic mass is 9.98. The third-order valence-electron chi connectivity index (χ3n) is 9.87. The number of pyridine rings is 4. The minimum atomic E-state index is -1.06. The summed E-state index contributed by atoms with van der Waals surface area (Å²) in [6, 6.07) is 14.3. The Morgan fingerprint density at radius 2 is 1.06 bits per heavy atom. The van der Waals surface area contributed by atoms with Gasteiger partial charge >= 0.3 is 0 Å². The number of aromatic nitrogens is 4. The van der Waals surface area contributed by atoms with E-state index >= 15 is 0 Å². The Morgan fingerprint density at radius 3 is 1.41 bits per heavy atom. The first-order valence-corrected chi connectivity index (χ1v) is 17.3. The highest BCUT2D eigenvalue weighted by Crippen LogP contribution is 2.37. The molecule has 0 bridgehead atoms. The number of halogens is 2. The van der Waals surface area contributed by atoms with Crippen LogP contribution in [0.2, 0.25) is 0 Å². The van der Waals surface area contributed by atoms with Crippen LogP contribution in [-0.2, 0) is 23.7 Å². The molecule has 2 aliphatic carbocycles. The molecule has 2 aliphatic rings. The van der Waals surface area contributed by atoms with Crippen molar-refractivity contribution in [1.82, 2.24) is 19.1 Å². The second kappa shape index (κ2) is 13.8. The van der Waals surface area contributed by atoms with Gasteiger partial charge in [-0.25, -0.2) is 18.7 Å². The molecule has 4 heterocycles. The Kier molecular flexibility index (Phi) is 9.21. The van der Waals surface area contributed by atoms with Gasteiger partial charge in [-0.3, -0.25) is 19.2 Å². The van der Waals surface area contributed by atoms with Crippen LogP contribution in [0.15, 0.2) is 82.9 Å². The number of nitrogens with two attached hydrogens (primary N) is 2. The molecule has 6 aromatic rings. The normalized spacial score (nSPS) is 18.5. The van der Waals surface area contributed by atoms with E-state index in [4.69, 9.17) is 11.5 Å². The number of carbonyl (C=O) groups excluding carboxylic acids is 2. The van der Waals surface area contributed by atoms with Crippen molar-refractivity contribution < 1.29 is 18.4 Å². The van der Waals surface area contributed by atoms with Gasteiger partial charge in [-0.2, -0.15) is 0 Å². The van der Waals surface area contributed by atoms with E-state index in [9.17, 15) is 28.0 Å². The van der Waals surface area contributed by atoms with Crippen LogP contribution in [0.4, 0.5) is 31.8 Å². The molecule has 12 nitrogen and oxygen atoms in total. The smallest absolute Gasteiger partial charge is 0.258 e. The van der Waals surface area contributed by atoms with Crippen LogP contribution in [0.3, 0.4) is 0 Å². The zero-order valence-electron chi connectivity index (χ0n) is 30.0. The van der Waals surface area contributed by atoms with Crippen molar-refractivity contribution >= 4 is 56.4 Å². The van der Waals surface area contributed by atoms with Crippen molar-refractivity contribution in [3.05, 3.63) is 105 Å². The summed E-state index contributed by atoms with van der Waals surface area (Å²) in [7, 11) is 3.40. The average Bonchev–Trinajstić information content (AvgIpc) is 4.05. The first kappa shape index (κ1) is 35.9. The maximum Gasteiger partial charge on any atom is 0.258 e. The fraction of sp³-hybridized carbons (Fsp3) is 0.250. The lowest BCUT2D eigenvalue weighted by molar-refractivity contribution is -0.118. The van der Waals surface area contributed by atoms with Gasteiger partial charge in [-0.15, -0.1) is 0 Å². The summed E-state index contributed by atoms with van der Waals surface area (Å²) in [5, 5.41) is 8.21. The van der Waals surface area contributed by atoms with Crippen LogP contribution >= 0.6 is 0 Å². The summed E-state index contributed by atoms with van der Waals surface area (Å²) in [5.41, 5.74) is 17.4. The number of alkyl halides is 2. The minimum Gasteiger partial charge on any atom is -0.398 e. The van der Waals surface area contributed by atoms with E-state index in [1.54, 1.807) is 63.1 Å². The summed E-state index contributed by atoms with van der Waals surface area (Å²) < 4.78 is 29.1. The Labute approximate surface area is 307 Å². The van der Waals surface area contributed by atoms with Gasteiger partial charge in [-0.05, 0) is 108 Å².